The third kappa shape index (κ3) is 14.1. The molecule has 0 radical (unpaired) electrons. The van der Waals surface area contributed by atoms with Gasteiger partial charge in [0.1, 0.15) is 22.8 Å². The third-order valence-electron chi connectivity index (χ3n) is 5.68. The van der Waals surface area contributed by atoms with Gasteiger partial charge in [-0.3, -0.25) is 15.0 Å². The van der Waals surface area contributed by atoms with Crippen LogP contribution in [0.25, 0.3) is 0 Å². The maximum atomic E-state index is 11.9. The monoisotopic (exact) mass is 579 g/mol. The van der Waals surface area contributed by atoms with Gasteiger partial charge in [0.05, 0.1) is 24.7 Å². The van der Waals surface area contributed by atoms with Crippen molar-refractivity contribution >= 4 is 36.0 Å². The minimum Gasteiger partial charge on any atom is -0.460 e. The number of nitrogens with one attached hydrogen (secondary N) is 1. The first kappa shape index (κ1) is 36.6. The molecule has 5 N–H and O–H groups in total. The minimum absolute atomic E-state index is 0. The summed E-state index contributed by atoms with van der Waals surface area (Å²) in [6.07, 6.45) is 8.83. The summed E-state index contributed by atoms with van der Waals surface area (Å²) in [5.41, 5.74) is 9.53. The number of allylic oxidation sites excluding steroid dienone is 1. The van der Waals surface area contributed by atoms with Crippen LogP contribution in [0.1, 0.15) is 85.9 Å². The normalized spacial score (nSPS) is 15.9. The Morgan fingerprint density at radius 1 is 1.07 bits per heavy atom. The van der Waals surface area contributed by atoms with Crippen molar-refractivity contribution in [3.63, 3.8) is 0 Å². The summed E-state index contributed by atoms with van der Waals surface area (Å²) in [6.45, 7) is 11.1. The summed E-state index contributed by atoms with van der Waals surface area (Å²) in [4.78, 5) is 33.6. The second-order valence-corrected chi connectivity index (χ2v) is 12.2. The van der Waals surface area contributed by atoms with Crippen molar-refractivity contribution in [2.75, 3.05) is 19.8 Å². The minimum atomic E-state index is -0.455. The largest absolute Gasteiger partial charge is 0.460 e. The van der Waals surface area contributed by atoms with Crippen molar-refractivity contribution in [1.82, 2.24) is 14.9 Å². The lowest BCUT2D eigenvalue weighted by Gasteiger charge is -2.21. The molecule has 40 heavy (non-hydrogen) atoms. The van der Waals surface area contributed by atoms with Crippen LogP contribution in [0.4, 0.5) is 5.82 Å². The first-order chi connectivity index (χ1) is 17.8. The molecule has 0 spiro atoms. The van der Waals surface area contributed by atoms with E-state index in [0.29, 0.717) is 18.1 Å². The molecule has 0 bridgehead atoms. The van der Waals surface area contributed by atoms with E-state index in [9.17, 15) is 9.59 Å². The lowest BCUT2D eigenvalue weighted by molar-refractivity contribution is -0.156. The Morgan fingerprint density at radius 2 is 1.57 bits per heavy atom. The maximum absolute atomic E-state index is 11.9. The molecule has 0 saturated heterocycles. The number of hydrogen-bond donors (Lipinski definition) is 3. The highest BCUT2D eigenvalue weighted by Gasteiger charge is 2.50. The number of rotatable bonds is 7. The number of carbonyl (C=O) groups is 2. The SMILES string of the molecule is CC(C)(C)OC(=O)CC1(C(=N)N)CC1.CC(C)(C)OC(=O)CC1(c2nccc(N)n2)CC1.CN(C)/C=C/C#N.Cl. The van der Waals surface area contributed by atoms with E-state index < -0.39 is 11.2 Å². The number of esters is 2. The number of nitrogens with two attached hydrogens (primary N) is 2. The molecule has 224 valence electrons. The molecule has 0 aliphatic heterocycles. The second-order valence-electron chi connectivity index (χ2n) is 12.2. The van der Waals surface area contributed by atoms with Crippen molar-refractivity contribution in [3.8, 4) is 6.07 Å². The fraction of sp³-hybridized carbons (Fsp3) is 0.643. The number of hydrogen-bond acceptors (Lipinski definition) is 10. The summed E-state index contributed by atoms with van der Waals surface area (Å²) in [7, 11) is 3.74. The van der Waals surface area contributed by atoms with Gasteiger partial charge >= 0.3 is 11.9 Å². The zero-order chi connectivity index (χ0) is 30.1. The summed E-state index contributed by atoms with van der Waals surface area (Å²) < 4.78 is 10.5. The van der Waals surface area contributed by atoms with Crippen molar-refractivity contribution in [3.05, 3.63) is 30.4 Å². The van der Waals surface area contributed by atoms with E-state index in [4.69, 9.17) is 31.6 Å². The Morgan fingerprint density at radius 3 is 1.90 bits per heavy atom. The third-order valence-corrected chi connectivity index (χ3v) is 5.68. The molecular formula is C28H46ClN7O4. The number of halogens is 1. The van der Waals surface area contributed by atoms with E-state index >= 15 is 0 Å². The highest BCUT2D eigenvalue weighted by atomic mass is 35.5. The van der Waals surface area contributed by atoms with Crippen molar-refractivity contribution in [1.29, 1.82) is 10.7 Å². The molecule has 3 rings (SSSR count). The summed E-state index contributed by atoms with van der Waals surface area (Å²) in [5, 5.41) is 15.3. The zero-order valence-electron chi connectivity index (χ0n) is 25.0. The first-order valence-corrected chi connectivity index (χ1v) is 12.9. The van der Waals surface area contributed by atoms with Gasteiger partial charge in [-0.15, -0.1) is 12.4 Å². The van der Waals surface area contributed by atoms with Gasteiger partial charge in [0.15, 0.2) is 0 Å². The van der Waals surface area contributed by atoms with Gasteiger partial charge in [0.2, 0.25) is 0 Å². The summed E-state index contributed by atoms with van der Waals surface area (Å²) >= 11 is 0. The van der Waals surface area contributed by atoms with Crippen LogP contribution in [0.2, 0.25) is 0 Å². The maximum Gasteiger partial charge on any atom is 0.307 e. The van der Waals surface area contributed by atoms with E-state index in [1.54, 1.807) is 18.5 Å². The first-order valence-electron chi connectivity index (χ1n) is 12.9. The van der Waals surface area contributed by atoms with Gasteiger partial charge in [-0.2, -0.15) is 5.26 Å². The molecule has 12 heteroatoms. The topological polar surface area (TPSA) is 181 Å². The van der Waals surface area contributed by atoms with Crippen molar-refractivity contribution < 1.29 is 19.1 Å². The second kappa shape index (κ2) is 14.8. The number of nitriles is 1. The van der Waals surface area contributed by atoms with Gasteiger partial charge in [0, 0.05) is 43.4 Å². The van der Waals surface area contributed by atoms with Crippen LogP contribution in [-0.2, 0) is 24.5 Å². The number of amidine groups is 1. The van der Waals surface area contributed by atoms with Crippen molar-refractivity contribution in [2.45, 2.75) is 96.7 Å². The van der Waals surface area contributed by atoms with Gasteiger partial charge in [0.25, 0.3) is 0 Å². The fourth-order valence-corrected chi connectivity index (χ4v) is 3.44. The lowest BCUT2D eigenvalue weighted by atomic mass is 10.0. The molecular weight excluding hydrogens is 534 g/mol. The Labute approximate surface area is 244 Å². The Hall–Kier alpha value is -3.39. The molecule has 0 atom stereocenters. The van der Waals surface area contributed by atoms with Gasteiger partial charge < -0.3 is 25.8 Å². The smallest absolute Gasteiger partial charge is 0.307 e. The van der Waals surface area contributed by atoms with Crippen LogP contribution < -0.4 is 11.5 Å². The molecule has 2 aliphatic rings. The summed E-state index contributed by atoms with van der Waals surface area (Å²) in [6, 6.07) is 3.52. The highest BCUT2D eigenvalue weighted by molar-refractivity contribution is 5.90. The van der Waals surface area contributed by atoms with E-state index in [0.717, 1.165) is 25.7 Å². The standard InChI is InChI=1S/C13H19N3O2.C10H18N2O2.C5H8N2.ClH/c1-12(2,3)18-10(17)8-13(5-6-13)11-15-7-4-9(14)16-11;1-9(2,3)14-7(13)6-10(4-5-10)8(11)12;1-7(2)5-3-4-6;/h4,7H,5-6,8H2,1-3H3,(H2,14,15,16);4-6H2,1-3H3,(H3,11,12);3,5H,1-2H3;1H/b;;5-3+;. The molecule has 1 heterocycles. The Balaban J connectivity index is 0.000000618. The fourth-order valence-electron chi connectivity index (χ4n) is 3.44. The van der Waals surface area contributed by atoms with E-state index in [2.05, 4.69) is 9.97 Å². The highest BCUT2D eigenvalue weighted by Crippen LogP contribution is 2.50. The van der Waals surface area contributed by atoms with Gasteiger partial charge in [-0.25, -0.2) is 9.97 Å². The van der Waals surface area contributed by atoms with Crippen molar-refractivity contribution in [2.24, 2.45) is 11.1 Å². The van der Waals surface area contributed by atoms with Crippen LogP contribution in [0, 0.1) is 22.2 Å². The number of ether oxygens (including phenoxy) is 2. The van der Waals surface area contributed by atoms with Crippen LogP contribution in [0.3, 0.4) is 0 Å². The predicted molar refractivity (Wildman–Crippen MR) is 158 cm³/mol. The van der Waals surface area contributed by atoms with Crippen LogP contribution in [-0.4, -0.2) is 57.9 Å². The number of nitrogen functional groups attached to an aromatic ring is 1. The van der Waals surface area contributed by atoms with E-state index in [1.165, 1.54) is 6.08 Å². The Bertz CT molecular complexity index is 1080. The number of anilines is 1. The van der Waals surface area contributed by atoms with Crippen LogP contribution >= 0.6 is 12.4 Å². The molecule has 0 aromatic carbocycles. The molecule has 2 aliphatic carbocycles. The quantitative estimate of drug-likeness (QED) is 0.182. The molecule has 11 nitrogen and oxygen atoms in total. The molecule has 2 saturated carbocycles. The molecule has 1 aromatic rings. The summed E-state index contributed by atoms with van der Waals surface area (Å²) in [5.74, 6) is 0.753. The Kier molecular flexibility index (Phi) is 13.6. The molecule has 0 amide bonds. The number of carbonyl (C=O) groups excluding carboxylic acids is 2. The predicted octanol–water partition coefficient (Wildman–Crippen LogP) is 4.26. The van der Waals surface area contributed by atoms with Gasteiger partial charge in [-0.05, 0) is 73.3 Å². The average molecular weight is 580 g/mol. The zero-order valence-corrected chi connectivity index (χ0v) is 25.9. The van der Waals surface area contributed by atoms with E-state index in [1.807, 2.05) is 66.6 Å². The van der Waals surface area contributed by atoms with E-state index in [-0.39, 0.29) is 47.4 Å². The molecule has 0 unspecified atom stereocenters. The van der Waals surface area contributed by atoms with Crippen LogP contribution in [0.15, 0.2) is 24.5 Å². The van der Waals surface area contributed by atoms with Crippen LogP contribution in [0.5, 0.6) is 0 Å². The average Bonchev–Trinajstić information content (AvgIpc) is 3.68. The lowest BCUT2D eigenvalue weighted by Crippen LogP contribution is -2.30. The number of aromatic nitrogens is 2. The van der Waals surface area contributed by atoms with Gasteiger partial charge in [-0.1, -0.05) is 0 Å². The molecule has 1 aromatic heterocycles. The number of nitrogens with zero attached hydrogens (tertiary/aromatic N) is 4. The molecule has 2 fully saturated rings.